The summed E-state index contributed by atoms with van der Waals surface area (Å²) in [5.41, 5.74) is 0. The first kappa shape index (κ1) is 31.5. The third-order valence-corrected chi connectivity index (χ3v) is 6.80. The second-order valence-electron chi connectivity index (χ2n) is 10.2. The fourth-order valence-electron chi connectivity index (χ4n) is 4.54. The third-order valence-electron chi connectivity index (χ3n) is 6.80. The topological polar surface area (TPSA) is 0 Å². The summed E-state index contributed by atoms with van der Waals surface area (Å²) < 4.78 is 0. The van der Waals surface area contributed by atoms with Crippen LogP contribution in [0.3, 0.4) is 0 Å². The van der Waals surface area contributed by atoms with Gasteiger partial charge >= 0.3 is 0 Å². The summed E-state index contributed by atoms with van der Waals surface area (Å²) in [7, 11) is 0. The minimum atomic E-state index is 1.13. The molecule has 0 unspecified atom stereocenters. The minimum absolute atomic E-state index is 1.13. The van der Waals surface area contributed by atoms with Crippen LogP contribution in [0, 0.1) is 0 Å². The molecule has 0 aromatic heterocycles. The second kappa shape index (κ2) is 30.5. The van der Waals surface area contributed by atoms with Gasteiger partial charge in [0.25, 0.3) is 0 Å². The van der Waals surface area contributed by atoms with E-state index in [0.29, 0.717) is 0 Å². The monoisotopic (exact) mass is 446 g/mol. The molecule has 0 amide bonds. The molecule has 0 fully saturated rings. The highest BCUT2D eigenvalue weighted by Crippen LogP contribution is 2.15. The lowest BCUT2D eigenvalue weighted by molar-refractivity contribution is 0.522. The Labute approximate surface area is 205 Å². The van der Waals surface area contributed by atoms with Gasteiger partial charge in [0.2, 0.25) is 0 Å². The van der Waals surface area contributed by atoms with Gasteiger partial charge in [-0.15, -0.1) is 0 Å². The third kappa shape index (κ3) is 29.5. The van der Waals surface area contributed by atoms with Crippen LogP contribution in [-0.4, -0.2) is 0 Å². The van der Waals surface area contributed by atoms with E-state index in [1.807, 2.05) is 0 Å². The van der Waals surface area contributed by atoms with Crippen molar-refractivity contribution in [1.82, 2.24) is 0 Å². The summed E-state index contributed by atoms with van der Waals surface area (Å²) in [5, 5.41) is 0. The zero-order chi connectivity index (χ0) is 23.2. The summed E-state index contributed by atoms with van der Waals surface area (Å²) in [5.74, 6) is 0. The van der Waals surface area contributed by atoms with E-state index < -0.39 is 0 Å². The van der Waals surface area contributed by atoms with Gasteiger partial charge in [-0.2, -0.15) is 0 Å². The van der Waals surface area contributed by atoms with Crippen LogP contribution in [0.4, 0.5) is 0 Å². The molecular weight excluding hydrogens is 384 g/mol. The Morgan fingerprint density at radius 1 is 0.281 bits per heavy atom. The van der Waals surface area contributed by atoms with Gasteiger partial charge in [0, 0.05) is 0 Å². The van der Waals surface area contributed by atoms with E-state index in [1.54, 1.807) is 0 Å². The second-order valence-corrected chi connectivity index (χ2v) is 10.2. The molecule has 0 N–H and O–H groups in total. The van der Waals surface area contributed by atoms with Gasteiger partial charge in [-0.05, 0) is 32.1 Å². The Balaban J connectivity index is 3.08. The zero-order valence-electron chi connectivity index (χ0n) is 22.7. The van der Waals surface area contributed by atoms with Gasteiger partial charge in [0.1, 0.15) is 0 Å². The van der Waals surface area contributed by atoms with Crippen LogP contribution in [0.25, 0.3) is 0 Å². The number of hydrogen-bond acceptors (Lipinski definition) is 0. The maximum atomic E-state index is 2.39. The molecular formula is C32H62. The van der Waals surface area contributed by atoms with Crippen LogP contribution in [-0.2, 0) is 0 Å². The van der Waals surface area contributed by atoms with Gasteiger partial charge in [0.15, 0.2) is 0 Å². The molecule has 0 aliphatic rings. The number of allylic oxidation sites excluding steroid dienone is 4. The maximum Gasteiger partial charge on any atom is -0.0169 e. The predicted octanol–water partition coefficient (Wildman–Crippen LogP) is 12.3. The molecule has 0 heterocycles. The molecule has 0 spiro atoms. The Morgan fingerprint density at radius 3 is 0.875 bits per heavy atom. The van der Waals surface area contributed by atoms with Crippen molar-refractivity contribution in [3.63, 3.8) is 0 Å². The van der Waals surface area contributed by atoms with Crippen LogP contribution >= 0.6 is 0 Å². The zero-order valence-corrected chi connectivity index (χ0v) is 22.7. The van der Waals surface area contributed by atoms with Crippen molar-refractivity contribution >= 4 is 0 Å². The molecule has 0 saturated heterocycles. The van der Waals surface area contributed by atoms with Crippen molar-refractivity contribution in [3.8, 4) is 0 Å². The van der Waals surface area contributed by atoms with Crippen LogP contribution in [0.1, 0.15) is 181 Å². The van der Waals surface area contributed by atoms with Crippen molar-refractivity contribution in [2.45, 2.75) is 181 Å². The van der Waals surface area contributed by atoms with E-state index in [0.717, 1.165) is 6.42 Å². The van der Waals surface area contributed by atoms with E-state index >= 15 is 0 Å². The number of rotatable bonds is 27. The van der Waals surface area contributed by atoms with Gasteiger partial charge < -0.3 is 0 Å². The Bertz CT molecular complexity index is 364. The summed E-state index contributed by atoms with van der Waals surface area (Å²) >= 11 is 0. The van der Waals surface area contributed by atoms with Crippen LogP contribution < -0.4 is 0 Å². The van der Waals surface area contributed by atoms with E-state index in [9.17, 15) is 0 Å². The Hall–Kier alpha value is -0.520. The number of unbranched alkanes of at least 4 members (excludes halogenated alkanes) is 23. The molecule has 0 aliphatic heterocycles. The highest BCUT2D eigenvalue weighted by atomic mass is 14.0. The summed E-state index contributed by atoms with van der Waals surface area (Å²) in [6.45, 7) is 4.57. The average molecular weight is 447 g/mol. The van der Waals surface area contributed by atoms with Crippen molar-refractivity contribution in [1.29, 1.82) is 0 Å². The van der Waals surface area contributed by atoms with Crippen molar-refractivity contribution < 1.29 is 0 Å². The van der Waals surface area contributed by atoms with E-state index in [4.69, 9.17) is 0 Å². The highest BCUT2D eigenvalue weighted by Gasteiger charge is 1.95. The van der Waals surface area contributed by atoms with Crippen LogP contribution in [0.15, 0.2) is 24.3 Å². The average Bonchev–Trinajstić information content (AvgIpc) is 2.81. The van der Waals surface area contributed by atoms with E-state index in [2.05, 4.69) is 38.2 Å². The smallest absolute Gasteiger partial charge is 0.0169 e. The normalized spacial score (nSPS) is 11.9. The first-order valence-electron chi connectivity index (χ1n) is 15.2. The summed E-state index contributed by atoms with van der Waals surface area (Å²) in [6, 6.07) is 0. The first-order chi connectivity index (χ1) is 15.9. The Morgan fingerprint density at radius 2 is 0.531 bits per heavy atom. The standard InChI is InChI=1S/C32H62/c1-3-5-7-9-11-13-15-17-19-21-23-25-27-29-31-32-30-28-26-24-22-20-18-16-14-12-10-8-6-4-2/h11,13,17,19H,3-10,12,14-16,18,20-32H2,1-2H3. The molecule has 0 rings (SSSR count). The maximum absolute atomic E-state index is 2.39. The van der Waals surface area contributed by atoms with Gasteiger partial charge in [-0.3, -0.25) is 0 Å². The lowest BCUT2D eigenvalue weighted by atomic mass is 10.0. The molecule has 0 aromatic rings. The highest BCUT2D eigenvalue weighted by molar-refractivity contribution is 4.92. The summed E-state index contributed by atoms with van der Waals surface area (Å²) in [4.78, 5) is 0. The summed E-state index contributed by atoms with van der Waals surface area (Å²) in [6.07, 6.45) is 46.4. The molecule has 0 aromatic carbocycles. The van der Waals surface area contributed by atoms with Crippen LogP contribution in [0.2, 0.25) is 0 Å². The molecule has 0 nitrogen and oxygen atoms in total. The molecule has 0 heteroatoms. The lowest BCUT2D eigenvalue weighted by Gasteiger charge is -2.04. The van der Waals surface area contributed by atoms with Crippen molar-refractivity contribution in [2.24, 2.45) is 0 Å². The van der Waals surface area contributed by atoms with Crippen LogP contribution in [0.5, 0.6) is 0 Å². The van der Waals surface area contributed by atoms with E-state index in [1.165, 1.54) is 161 Å². The molecule has 32 heavy (non-hydrogen) atoms. The number of hydrogen-bond donors (Lipinski definition) is 0. The SMILES string of the molecule is CCCCCC=CCC=CCCCCCCCCCCCCCCCCCCCCCC. The Kier molecular flexibility index (Phi) is 30.0. The fourth-order valence-corrected chi connectivity index (χ4v) is 4.54. The largest absolute Gasteiger partial charge is 0.0882 e. The molecule has 0 saturated carbocycles. The molecule has 0 atom stereocenters. The first-order valence-corrected chi connectivity index (χ1v) is 15.2. The van der Waals surface area contributed by atoms with Crippen molar-refractivity contribution in [3.05, 3.63) is 24.3 Å². The predicted molar refractivity (Wildman–Crippen MR) is 150 cm³/mol. The van der Waals surface area contributed by atoms with Gasteiger partial charge in [0.05, 0.1) is 0 Å². The molecule has 0 aliphatic carbocycles. The minimum Gasteiger partial charge on any atom is -0.0882 e. The quantitative estimate of drug-likeness (QED) is 0.0868. The van der Waals surface area contributed by atoms with E-state index in [-0.39, 0.29) is 0 Å². The molecule has 0 radical (unpaired) electrons. The fraction of sp³-hybridized carbons (Fsp3) is 0.875. The molecule has 0 bridgehead atoms. The van der Waals surface area contributed by atoms with Crippen molar-refractivity contribution in [2.75, 3.05) is 0 Å². The lowest BCUT2D eigenvalue weighted by Crippen LogP contribution is -1.84. The van der Waals surface area contributed by atoms with Gasteiger partial charge in [-0.25, -0.2) is 0 Å². The molecule has 190 valence electrons. The van der Waals surface area contributed by atoms with Gasteiger partial charge in [-0.1, -0.05) is 173 Å².